The summed E-state index contributed by atoms with van der Waals surface area (Å²) in [5, 5.41) is 0. The first-order valence-corrected chi connectivity index (χ1v) is 7.41. The molecule has 0 aromatic rings. The van der Waals surface area contributed by atoms with Crippen LogP contribution in [-0.4, -0.2) is 46.6 Å². The number of allylic oxidation sites excluding steroid dienone is 1. The second-order valence-electron chi connectivity index (χ2n) is 1.82. The average Bonchev–Trinajstić information content (AvgIpc) is 1.52. The van der Waals surface area contributed by atoms with Gasteiger partial charge in [0.1, 0.15) is 0 Å². The van der Waals surface area contributed by atoms with Crippen LogP contribution in [0, 0.1) is 0 Å². The summed E-state index contributed by atoms with van der Waals surface area (Å²) >= 11 is -8.99. The van der Waals surface area contributed by atoms with E-state index < -0.39 is 24.9 Å². The molecule has 84 valence electrons. The fourth-order valence-corrected chi connectivity index (χ4v) is 0. The Hall–Kier alpha value is 0.456. The van der Waals surface area contributed by atoms with Gasteiger partial charge >= 0.3 is 51.0 Å². The van der Waals surface area contributed by atoms with E-state index in [-0.39, 0.29) is 23.8 Å². The zero-order chi connectivity index (χ0) is 11.5. The van der Waals surface area contributed by atoms with Crippen LogP contribution >= 0.6 is 0 Å². The van der Waals surface area contributed by atoms with Crippen LogP contribution in [0.5, 0.6) is 0 Å². The van der Waals surface area contributed by atoms with E-state index >= 15 is 0 Å². The Morgan fingerprint density at radius 2 is 1.29 bits per heavy atom. The van der Waals surface area contributed by atoms with Crippen LogP contribution in [-0.2, 0) is 10.1 Å². The van der Waals surface area contributed by atoms with Crippen molar-refractivity contribution in [2.45, 2.75) is 6.92 Å². The molecule has 0 aliphatic rings. The third-order valence-corrected chi connectivity index (χ3v) is 1.32. The normalized spacial score (nSPS) is 13.8. The predicted octanol–water partition coefficient (Wildman–Crippen LogP) is 1.48. The maximum atomic E-state index is 9.89. The van der Waals surface area contributed by atoms with Crippen molar-refractivity contribution in [1.29, 1.82) is 0 Å². The van der Waals surface area contributed by atoms with Crippen molar-refractivity contribution < 1.29 is 30.3 Å². The summed E-state index contributed by atoms with van der Waals surface area (Å²) in [5.41, 5.74) is 0. The van der Waals surface area contributed by atoms with Crippen LogP contribution in [0.25, 0.3) is 0 Å². The van der Waals surface area contributed by atoms with Gasteiger partial charge in [-0.3, -0.25) is 4.55 Å². The Bertz CT molecular complexity index is 276. The van der Waals surface area contributed by atoms with Crippen molar-refractivity contribution in [3.05, 3.63) is 11.5 Å². The molecule has 0 fully saturated rings. The Labute approximate surface area is 92.4 Å². The van der Waals surface area contributed by atoms with Crippen molar-refractivity contribution in [3.63, 3.8) is 0 Å². The zero-order valence-electron chi connectivity index (χ0n) is 6.22. The fraction of sp³-hybridized carbons (Fsp3) is 0.333. The first-order valence-electron chi connectivity index (χ1n) is 2.42. The van der Waals surface area contributed by atoms with Gasteiger partial charge < -0.3 is 0 Å². The number of rotatable bonds is 1. The number of hydrogen-bond donors (Lipinski definition) is 1. The Morgan fingerprint density at radius 3 is 1.29 bits per heavy atom. The molecule has 0 aromatic carbocycles. The molecule has 3 nitrogen and oxygen atoms in total. The Balaban J connectivity index is -0.000000163. The monoisotopic (exact) mass is 300 g/mol. The quantitative estimate of drug-likeness (QED) is 0.453. The zero-order valence-corrected chi connectivity index (χ0v) is 8.91. The van der Waals surface area contributed by atoms with Gasteiger partial charge in [0.25, 0.3) is 10.1 Å². The first-order chi connectivity index (χ1) is 5.18. The van der Waals surface area contributed by atoms with E-state index in [9.17, 15) is 25.8 Å². The molecule has 0 aliphatic carbocycles. The summed E-state index contributed by atoms with van der Waals surface area (Å²) in [6.07, 6.45) is 0. The second kappa shape index (κ2) is 5.52. The summed E-state index contributed by atoms with van der Waals surface area (Å²) in [5.74, 6) is 0. The van der Waals surface area contributed by atoms with Crippen molar-refractivity contribution in [2.24, 2.45) is 0 Å². The molecule has 0 amide bonds. The van der Waals surface area contributed by atoms with Gasteiger partial charge in [-0.1, -0.05) is 6.58 Å². The summed E-state index contributed by atoms with van der Waals surface area (Å²) in [7, 11) is -3.94. The van der Waals surface area contributed by atoms with Gasteiger partial charge in [0.15, 0.2) is 0 Å². The molecule has 0 bridgehead atoms. The van der Waals surface area contributed by atoms with Gasteiger partial charge in [0.05, 0.1) is 4.91 Å². The molecule has 0 unspecified atom stereocenters. The molecule has 0 spiro atoms. The summed E-state index contributed by atoms with van der Waals surface area (Å²) in [6, 6.07) is 0. The molecule has 0 aliphatic heterocycles. The van der Waals surface area contributed by atoms with Crippen LogP contribution in [0.2, 0.25) is 0 Å². The Morgan fingerprint density at radius 1 is 1.21 bits per heavy atom. The van der Waals surface area contributed by atoms with Crippen LogP contribution in [0.15, 0.2) is 11.5 Å². The third-order valence-electron chi connectivity index (χ3n) is 0.440. The van der Waals surface area contributed by atoms with E-state index in [0.717, 1.165) is 0 Å². The predicted molar refractivity (Wildman–Crippen MR) is 44.8 cm³/mol. The number of halogens is 5. The molecule has 11 heteroatoms. The topological polar surface area (TPSA) is 54.4 Å². The molecular formula is C3H7AsF5LiO3S. The molecular weight excluding hydrogens is 293 g/mol. The average molecular weight is 300 g/mol. The third kappa shape index (κ3) is 39.2. The van der Waals surface area contributed by atoms with Crippen LogP contribution in [0.4, 0.5) is 17.3 Å². The summed E-state index contributed by atoms with van der Waals surface area (Å²) < 4.78 is 77.0. The molecule has 0 rings (SSSR count). The Kier molecular flexibility index (Phi) is 7.86. The molecule has 0 heterocycles. The molecule has 0 radical (unpaired) electrons. The minimum absolute atomic E-state index is 0. The van der Waals surface area contributed by atoms with Crippen LogP contribution in [0.3, 0.4) is 0 Å². The SMILES string of the molecule is C=C(C)S(=O)(=O)O.F[As](F)(F)(F)F.[LiH]. The standard InChI is InChI=1S/C3H6O3S.AsF5.Li.H/c1-3(2)7(4,5)6;2-1(3,4,5)6;;/h1H2,2H3,(H,4,5,6);;;. The number of hydrogen-bond acceptors (Lipinski definition) is 2. The van der Waals surface area contributed by atoms with Crippen molar-refractivity contribution in [1.82, 2.24) is 0 Å². The molecule has 0 atom stereocenters. The molecule has 0 saturated carbocycles. The van der Waals surface area contributed by atoms with E-state index in [0.29, 0.717) is 0 Å². The molecule has 0 saturated heterocycles. The fourth-order valence-electron chi connectivity index (χ4n) is 0. The molecule has 14 heavy (non-hydrogen) atoms. The van der Waals surface area contributed by atoms with Crippen molar-refractivity contribution >= 4 is 43.8 Å². The maximum absolute atomic E-state index is 9.89. The van der Waals surface area contributed by atoms with E-state index in [1.807, 2.05) is 0 Å². The first kappa shape index (κ1) is 19.9. The van der Waals surface area contributed by atoms with Gasteiger partial charge in [-0.05, 0) is 6.92 Å². The van der Waals surface area contributed by atoms with Crippen molar-refractivity contribution in [2.75, 3.05) is 0 Å². The van der Waals surface area contributed by atoms with Gasteiger partial charge in [-0.2, -0.15) is 8.42 Å². The summed E-state index contributed by atoms with van der Waals surface area (Å²) in [4.78, 5) is -0.229. The van der Waals surface area contributed by atoms with Crippen LogP contribution < -0.4 is 0 Å². The summed E-state index contributed by atoms with van der Waals surface area (Å²) in [6.45, 7) is 4.21. The second-order valence-corrected chi connectivity index (χ2v) is 6.14. The van der Waals surface area contributed by atoms with Crippen molar-refractivity contribution in [3.8, 4) is 0 Å². The van der Waals surface area contributed by atoms with E-state index in [1.54, 1.807) is 0 Å². The molecule has 1 N–H and O–H groups in total. The van der Waals surface area contributed by atoms with Gasteiger partial charge in [0.2, 0.25) is 0 Å². The van der Waals surface area contributed by atoms with Gasteiger partial charge in [-0.15, -0.1) is 0 Å². The molecule has 0 aromatic heterocycles. The van der Waals surface area contributed by atoms with Crippen LogP contribution in [0.1, 0.15) is 6.92 Å². The van der Waals surface area contributed by atoms with E-state index in [4.69, 9.17) is 4.55 Å². The van der Waals surface area contributed by atoms with E-state index in [2.05, 4.69) is 6.58 Å². The minimum atomic E-state index is -8.99. The van der Waals surface area contributed by atoms with E-state index in [1.165, 1.54) is 6.92 Å². The van der Waals surface area contributed by atoms with Gasteiger partial charge in [0, 0.05) is 0 Å². The van der Waals surface area contributed by atoms with Gasteiger partial charge in [-0.25, -0.2) is 0 Å².